The minimum Gasteiger partial charge on any atom is -0.463 e. The maximum atomic E-state index is 11.7. The van der Waals surface area contributed by atoms with Gasteiger partial charge < -0.3 is 18.9 Å². The number of carbonyl (C=O) groups excluding carboxylic acids is 3. The first-order valence-electron chi connectivity index (χ1n) is 8.36. The smallest absolute Gasteiger partial charge is 0.303 e. The van der Waals surface area contributed by atoms with Crippen LogP contribution in [0.1, 0.15) is 27.0 Å². The predicted molar refractivity (Wildman–Crippen MR) is 97.0 cm³/mol. The van der Waals surface area contributed by atoms with Crippen molar-refractivity contribution in [1.29, 1.82) is 0 Å². The summed E-state index contributed by atoms with van der Waals surface area (Å²) in [5.41, 5.74) is 0.459. The highest BCUT2D eigenvalue weighted by molar-refractivity contribution is 6.35. The lowest BCUT2D eigenvalue weighted by molar-refractivity contribution is -0.166. The third-order valence-electron chi connectivity index (χ3n) is 3.97. The molecule has 13 heteroatoms. The van der Waals surface area contributed by atoms with Crippen molar-refractivity contribution in [3.8, 4) is 0 Å². The summed E-state index contributed by atoms with van der Waals surface area (Å²) in [5, 5.41) is -0.104. The molecule has 1 unspecified atom stereocenters. The quantitative estimate of drug-likeness (QED) is 0.287. The average Bonchev–Trinajstić information content (AvgIpc) is 3.15. The Hall–Kier alpha value is -2.50. The van der Waals surface area contributed by atoms with Gasteiger partial charge in [-0.25, -0.2) is 9.97 Å². The molecule has 0 bridgehead atoms. The van der Waals surface area contributed by atoms with E-state index in [9.17, 15) is 14.4 Å². The van der Waals surface area contributed by atoms with Crippen molar-refractivity contribution >= 4 is 52.3 Å². The molecule has 3 rings (SSSR count). The largest absolute Gasteiger partial charge is 0.463 e. The van der Waals surface area contributed by atoms with E-state index in [1.54, 1.807) is 0 Å². The summed E-state index contributed by atoms with van der Waals surface area (Å²) < 4.78 is 23.0. The van der Waals surface area contributed by atoms with Crippen LogP contribution in [0.4, 0.5) is 0 Å². The van der Waals surface area contributed by atoms with Crippen molar-refractivity contribution in [2.45, 2.75) is 45.3 Å². The van der Waals surface area contributed by atoms with E-state index < -0.39 is 42.4 Å². The topological polar surface area (TPSA) is 132 Å². The maximum Gasteiger partial charge on any atom is 0.303 e. The lowest BCUT2D eigenvalue weighted by Crippen LogP contribution is -2.40. The molecule has 0 amide bonds. The summed E-state index contributed by atoms with van der Waals surface area (Å²) in [4.78, 5) is 46.6. The van der Waals surface area contributed by atoms with Gasteiger partial charge in [0.25, 0.3) is 0 Å². The van der Waals surface area contributed by atoms with E-state index in [0.29, 0.717) is 0 Å². The molecular formula is C16H16Cl2N4O7. The van der Waals surface area contributed by atoms with Crippen molar-refractivity contribution in [2.75, 3.05) is 6.61 Å². The van der Waals surface area contributed by atoms with Crippen LogP contribution in [0.25, 0.3) is 11.2 Å². The zero-order valence-electron chi connectivity index (χ0n) is 15.5. The monoisotopic (exact) mass is 446 g/mol. The Bertz CT molecular complexity index is 966. The second kappa shape index (κ2) is 8.47. The Labute approximate surface area is 174 Å². The number of halogens is 2. The van der Waals surface area contributed by atoms with E-state index >= 15 is 0 Å². The van der Waals surface area contributed by atoms with E-state index in [2.05, 4.69) is 15.0 Å². The fraction of sp³-hybridized carbons (Fsp3) is 0.500. The molecule has 156 valence electrons. The fourth-order valence-electron chi connectivity index (χ4n) is 2.96. The van der Waals surface area contributed by atoms with E-state index in [1.165, 1.54) is 31.7 Å². The Morgan fingerprint density at radius 1 is 1.07 bits per heavy atom. The molecule has 0 radical (unpaired) electrons. The minimum atomic E-state index is -1.08. The highest BCUT2D eigenvalue weighted by atomic mass is 35.5. The molecule has 0 saturated carbocycles. The maximum absolute atomic E-state index is 11.7. The fourth-order valence-corrected chi connectivity index (χ4v) is 3.38. The Morgan fingerprint density at radius 2 is 1.72 bits per heavy atom. The zero-order valence-corrected chi connectivity index (χ0v) is 17.0. The van der Waals surface area contributed by atoms with Gasteiger partial charge in [0, 0.05) is 20.8 Å². The average molecular weight is 447 g/mol. The number of ether oxygens (including phenoxy) is 4. The van der Waals surface area contributed by atoms with Gasteiger partial charge in [0.2, 0.25) is 5.28 Å². The van der Waals surface area contributed by atoms with Gasteiger partial charge in [-0.15, -0.1) is 0 Å². The highest BCUT2D eigenvalue weighted by Crippen LogP contribution is 2.36. The third kappa shape index (κ3) is 4.57. The minimum absolute atomic E-state index is 0.0220. The van der Waals surface area contributed by atoms with Gasteiger partial charge >= 0.3 is 17.9 Å². The number of imidazole rings is 1. The van der Waals surface area contributed by atoms with Crippen LogP contribution in [-0.4, -0.2) is 62.3 Å². The molecule has 0 N–H and O–H groups in total. The van der Waals surface area contributed by atoms with Gasteiger partial charge in [-0.1, -0.05) is 11.6 Å². The standard InChI is InChI=1S/C16H16Cl2N4O7/c1-6(23)26-4-9-11(27-7(2)24)12(28-8(3)25)15(29-9)22-5-19-10-13(17)20-16(18)21-14(10)22/h5,9,11-12,15H,4H2,1-3H3/t9-,11-,12?,15-/m1/s1. The van der Waals surface area contributed by atoms with E-state index in [-0.39, 0.29) is 28.2 Å². The number of esters is 3. The highest BCUT2D eigenvalue weighted by Gasteiger charge is 2.51. The van der Waals surface area contributed by atoms with Gasteiger partial charge in [-0.05, 0) is 11.6 Å². The number of hydrogen-bond acceptors (Lipinski definition) is 10. The summed E-state index contributed by atoms with van der Waals surface area (Å²) in [6, 6.07) is 0. The van der Waals surface area contributed by atoms with Crippen LogP contribution in [0, 0.1) is 0 Å². The van der Waals surface area contributed by atoms with Gasteiger partial charge in [0.1, 0.15) is 18.2 Å². The molecule has 0 aliphatic carbocycles. The molecule has 29 heavy (non-hydrogen) atoms. The summed E-state index contributed by atoms with van der Waals surface area (Å²) in [6.07, 6.45) is -2.71. The molecule has 1 aliphatic heterocycles. The molecule has 3 heterocycles. The molecule has 1 saturated heterocycles. The van der Waals surface area contributed by atoms with Crippen molar-refractivity contribution < 1.29 is 33.3 Å². The van der Waals surface area contributed by atoms with Crippen LogP contribution in [0.3, 0.4) is 0 Å². The van der Waals surface area contributed by atoms with Crippen LogP contribution in [0.15, 0.2) is 6.33 Å². The molecular weight excluding hydrogens is 431 g/mol. The van der Waals surface area contributed by atoms with Crippen LogP contribution < -0.4 is 0 Å². The van der Waals surface area contributed by atoms with Crippen molar-refractivity contribution in [1.82, 2.24) is 19.5 Å². The number of rotatable bonds is 5. The number of aromatic nitrogens is 4. The molecule has 11 nitrogen and oxygen atoms in total. The number of fused-ring (bicyclic) bond motifs is 1. The first-order chi connectivity index (χ1) is 13.7. The number of nitrogens with zero attached hydrogens (tertiary/aromatic N) is 4. The number of carbonyl (C=O) groups is 3. The number of hydrogen-bond donors (Lipinski definition) is 0. The van der Waals surface area contributed by atoms with Crippen molar-refractivity contribution in [3.05, 3.63) is 16.8 Å². The summed E-state index contributed by atoms with van der Waals surface area (Å²) >= 11 is 11.9. The molecule has 1 aliphatic rings. The SMILES string of the molecule is CC(=O)OC[C@H]1O[C@@H](n2cnc3c(Cl)nc(Cl)nc32)C(OC(C)=O)[C@@H]1OC(C)=O. The third-order valence-corrected chi connectivity index (χ3v) is 4.40. The van der Waals surface area contributed by atoms with Crippen molar-refractivity contribution in [2.24, 2.45) is 0 Å². The lowest BCUT2D eigenvalue weighted by atomic mass is 10.1. The van der Waals surface area contributed by atoms with Crippen LogP contribution in [-0.2, 0) is 33.3 Å². The summed E-state index contributed by atoms with van der Waals surface area (Å²) in [7, 11) is 0. The molecule has 4 atom stereocenters. The van der Waals surface area contributed by atoms with Gasteiger partial charge in [-0.3, -0.25) is 19.0 Å². The summed E-state index contributed by atoms with van der Waals surface area (Å²) in [6.45, 7) is 3.38. The first kappa shape index (κ1) is 21.2. The molecule has 0 spiro atoms. The van der Waals surface area contributed by atoms with Crippen LogP contribution in [0.5, 0.6) is 0 Å². The van der Waals surface area contributed by atoms with E-state index in [0.717, 1.165) is 0 Å². The van der Waals surface area contributed by atoms with Gasteiger partial charge in [0.05, 0.1) is 6.33 Å². The normalized spacial score (nSPS) is 23.8. The van der Waals surface area contributed by atoms with E-state index in [4.69, 9.17) is 42.1 Å². The first-order valence-corrected chi connectivity index (χ1v) is 9.11. The van der Waals surface area contributed by atoms with Gasteiger partial charge in [-0.2, -0.15) is 4.98 Å². The summed E-state index contributed by atoms with van der Waals surface area (Å²) in [5.74, 6) is -1.82. The van der Waals surface area contributed by atoms with Crippen LogP contribution in [0.2, 0.25) is 10.4 Å². The van der Waals surface area contributed by atoms with Gasteiger partial charge in [0.15, 0.2) is 29.2 Å². The molecule has 2 aromatic heterocycles. The zero-order chi connectivity index (χ0) is 21.3. The Balaban J connectivity index is 2.04. The lowest BCUT2D eigenvalue weighted by Gasteiger charge is -2.23. The predicted octanol–water partition coefficient (Wildman–Crippen LogP) is 1.46. The second-order valence-electron chi connectivity index (χ2n) is 6.12. The van der Waals surface area contributed by atoms with Crippen LogP contribution >= 0.6 is 23.2 Å². The molecule has 0 aromatic carbocycles. The second-order valence-corrected chi connectivity index (χ2v) is 6.82. The molecule has 1 fully saturated rings. The Morgan fingerprint density at radius 3 is 2.34 bits per heavy atom. The van der Waals surface area contributed by atoms with Crippen molar-refractivity contribution in [3.63, 3.8) is 0 Å². The molecule has 2 aromatic rings. The van der Waals surface area contributed by atoms with E-state index in [1.807, 2.05) is 0 Å². The Kier molecular flexibility index (Phi) is 6.20.